The lowest BCUT2D eigenvalue weighted by atomic mass is 10.2. The van der Waals surface area contributed by atoms with Gasteiger partial charge in [-0.1, -0.05) is 29.3 Å². The number of carbonyl (C=O) groups is 1. The molecule has 0 saturated heterocycles. The SMILES string of the molecule is COCCn1cc(C(=O)Nc2ccnn2Cc2ccc(Cl)cc2Cl)ccc1=O. The molecule has 28 heavy (non-hydrogen) atoms. The number of aromatic nitrogens is 3. The van der Waals surface area contributed by atoms with Crippen LogP contribution in [0.15, 0.2) is 53.6 Å². The molecule has 1 N–H and O–H groups in total. The first-order chi connectivity index (χ1) is 13.5. The van der Waals surface area contributed by atoms with Gasteiger partial charge < -0.3 is 14.6 Å². The van der Waals surface area contributed by atoms with E-state index in [1.54, 1.807) is 36.2 Å². The molecule has 7 nitrogen and oxygen atoms in total. The zero-order valence-electron chi connectivity index (χ0n) is 15.1. The summed E-state index contributed by atoms with van der Waals surface area (Å²) in [4.78, 5) is 24.5. The van der Waals surface area contributed by atoms with Gasteiger partial charge in [0.1, 0.15) is 5.82 Å². The quantitative estimate of drug-likeness (QED) is 0.635. The second-order valence-electron chi connectivity index (χ2n) is 6.01. The van der Waals surface area contributed by atoms with Gasteiger partial charge in [-0.2, -0.15) is 5.10 Å². The number of rotatable bonds is 7. The number of methoxy groups -OCH3 is 1. The van der Waals surface area contributed by atoms with Crippen LogP contribution < -0.4 is 10.9 Å². The highest BCUT2D eigenvalue weighted by Crippen LogP contribution is 2.22. The fraction of sp³-hybridized carbons (Fsp3) is 0.211. The standard InChI is InChI=1S/C19H18Cl2N4O3/c1-28-9-8-24-11-14(3-5-18(24)26)19(27)23-17-6-7-22-25(17)12-13-2-4-15(20)10-16(13)21/h2-7,10-11H,8-9,12H2,1H3,(H,23,27). The minimum absolute atomic E-state index is 0.198. The molecule has 146 valence electrons. The maximum Gasteiger partial charge on any atom is 0.258 e. The van der Waals surface area contributed by atoms with Crippen molar-refractivity contribution < 1.29 is 9.53 Å². The van der Waals surface area contributed by atoms with Gasteiger partial charge in [-0.25, -0.2) is 4.68 Å². The summed E-state index contributed by atoms with van der Waals surface area (Å²) >= 11 is 12.1. The molecule has 0 atom stereocenters. The smallest absolute Gasteiger partial charge is 0.258 e. The van der Waals surface area contributed by atoms with Crippen LogP contribution in [0, 0.1) is 0 Å². The summed E-state index contributed by atoms with van der Waals surface area (Å²) in [6.07, 6.45) is 3.09. The number of nitrogens with zero attached hydrogens (tertiary/aromatic N) is 3. The van der Waals surface area contributed by atoms with Gasteiger partial charge in [0.15, 0.2) is 0 Å². The number of pyridine rings is 1. The van der Waals surface area contributed by atoms with Gasteiger partial charge in [0.25, 0.3) is 11.5 Å². The van der Waals surface area contributed by atoms with Crippen molar-refractivity contribution in [2.45, 2.75) is 13.1 Å². The summed E-state index contributed by atoms with van der Waals surface area (Å²) in [6.45, 7) is 1.11. The van der Waals surface area contributed by atoms with Gasteiger partial charge in [0.2, 0.25) is 0 Å². The van der Waals surface area contributed by atoms with Crippen molar-refractivity contribution in [1.82, 2.24) is 14.3 Å². The van der Waals surface area contributed by atoms with Gasteiger partial charge in [-0.05, 0) is 23.8 Å². The molecule has 0 saturated carbocycles. The molecule has 1 aromatic carbocycles. The van der Waals surface area contributed by atoms with E-state index in [2.05, 4.69) is 10.4 Å². The van der Waals surface area contributed by atoms with E-state index >= 15 is 0 Å². The largest absolute Gasteiger partial charge is 0.383 e. The number of amides is 1. The van der Waals surface area contributed by atoms with Crippen molar-refractivity contribution in [3.05, 3.63) is 80.3 Å². The molecule has 0 aliphatic carbocycles. The average Bonchev–Trinajstić information content (AvgIpc) is 3.10. The number of hydrogen-bond donors (Lipinski definition) is 1. The Morgan fingerprint density at radius 1 is 1.21 bits per heavy atom. The Morgan fingerprint density at radius 3 is 2.79 bits per heavy atom. The average molecular weight is 421 g/mol. The Hall–Kier alpha value is -2.61. The third-order valence-corrected chi connectivity index (χ3v) is 4.66. The molecule has 9 heteroatoms. The minimum Gasteiger partial charge on any atom is -0.383 e. The lowest BCUT2D eigenvalue weighted by molar-refractivity contribution is 0.102. The summed E-state index contributed by atoms with van der Waals surface area (Å²) in [6, 6.07) is 9.73. The molecule has 2 heterocycles. The van der Waals surface area contributed by atoms with Gasteiger partial charge in [0.05, 0.1) is 24.9 Å². The topological polar surface area (TPSA) is 78.2 Å². The van der Waals surface area contributed by atoms with Crippen molar-refractivity contribution in [3.8, 4) is 0 Å². The van der Waals surface area contributed by atoms with E-state index in [0.717, 1.165) is 5.56 Å². The number of benzene rings is 1. The zero-order chi connectivity index (χ0) is 20.1. The lowest BCUT2D eigenvalue weighted by Crippen LogP contribution is -2.24. The third-order valence-electron chi connectivity index (χ3n) is 4.08. The summed E-state index contributed by atoms with van der Waals surface area (Å²) in [7, 11) is 1.55. The Morgan fingerprint density at radius 2 is 2.04 bits per heavy atom. The molecule has 1 amide bonds. The maximum absolute atomic E-state index is 12.6. The Balaban J connectivity index is 1.77. The molecule has 3 aromatic rings. The molecule has 0 radical (unpaired) electrons. The van der Waals surface area contributed by atoms with Crippen LogP contribution in [0.4, 0.5) is 5.82 Å². The molecule has 0 fully saturated rings. The molecule has 0 unspecified atom stereocenters. The number of nitrogens with one attached hydrogen (secondary N) is 1. The van der Waals surface area contributed by atoms with Crippen molar-refractivity contribution in [2.75, 3.05) is 19.0 Å². The lowest BCUT2D eigenvalue weighted by Gasteiger charge is -2.11. The van der Waals surface area contributed by atoms with Crippen LogP contribution in [-0.4, -0.2) is 34.0 Å². The first-order valence-electron chi connectivity index (χ1n) is 8.44. The fourth-order valence-electron chi connectivity index (χ4n) is 2.59. The fourth-order valence-corrected chi connectivity index (χ4v) is 3.06. The normalized spacial score (nSPS) is 10.8. The van der Waals surface area contributed by atoms with Crippen LogP contribution in [0.5, 0.6) is 0 Å². The van der Waals surface area contributed by atoms with Crippen LogP contribution >= 0.6 is 23.2 Å². The summed E-state index contributed by atoms with van der Waals surface area (Å²) in [5.41, 5.74) is 0.974. The summed E-state index contributed by atoms with van der Waals surface area (Å²) in [5.74, 6) is 0.153. The van der Waals surface area contributed by atoms with Crippen LogP contribution in [0.2, 0.25) is 10.0 Å². The Labute approximate surface area is 171 Å². The highest BCUT2D eigenvalue weighted by Gasteiger charge is 2.12. The van der Waals surface area contributed by atoms with Crippen molar-refractivity contribution in [2.24, 2.45) is 0 Å². The molecule has 0 bridgehead atoms. The second-order valence-corrected chi connectivity index (χ2v) is 6.85. The summed E-state index contributed by atoms with van der Waals surface area (Å²) in [5, 5.41) is 8.11. The highest BCUT2D eigenvalue weighted by molar-refractivity contribution is 6.35. The predicted molar refractivity (Wildman–Crippen MR) is 108 cm³/mol. The van der Waals surface area contributed by atoms with Crippen LogP contribution in [0.1, 0.15) is 15.9 Å². The van der Waals surface area contributed by atoms with Gasteiger partial charge in [-0.3, -0.25) is 9.59 Å². The molecule has 3 rings (SSSR count). The van der Waals surface area contributed by atoms with Gasteiger partial charge in [-0.15, -0.1) is 0 Å². The Kier molecular flexibility index (Phi) is 6.51. The van der Waals surface area contributed by atoms with Crippen molar-refractivity contribution in [3.63, 3.8) is 0 Å². The monoisotopic (exact) mass is 420 g/mol. The zero-order valence-corrected chi connectivity index (χ0v) is 16.6. The van der Waals surface area contributed by atoms with E-state index < -0.39 is 0 Å². The molecular weight excluding hydrogens is 403 g/mol. The van der Waals surface area contributed by atoms with Crippen molar-refractivity contribution >= 4 is 34.9 Å². The van der Waals surface area contributed by atoms with E-state index in [1.165, 1.54) is 22.9 Å². The van der Waals surface area contributed by atoms with E-state index in [9.17, 15) is 9.59 Å². The number of ether oxygens (including phenoxy) is 1. The van der Waals surface area contributed by atoms with Crippen LogP contribution in [0.25, 0.3) is 0 Å². The minimum atomic E-state index is -0.352. The van der Waals surface area contributed by atoms with E-state index in [4.69, 9.17) is 27.9 Å². The molecule has 0 aliphatic heterocycles. The van der Waals surface area contributed by atoms with E-state index in [0.29, 0.717) is 41.1 Å². The third kappa shape index (κ3) is 4.81. The maximum atomic E-state index is 12.6. The van der Waals surface area contributed by atoms with Gasteiger partial charge in [0, 0.05) is 42.0 Å². The molecular formula is C19H18Cl2N4O3. The second kappa shape index (κ2) is 9.05. The number of carbonyl (C=O) groups excluding carboxylic acids is 1. The highest BCUT2D eigenvalue weighted by atomic mass is 35.5. The predicted octanol–water partition coefficient (Wildman–Crippen LogP) is 3.30. The van der Waals surface area contributed by atoms with Crippen LogP contribution in [0.3, 0.4) is 0 Å². The van der Waals surface area contributed by atoms with Gasteiger partial charge >= 0.3 is 0 Å². The van der Waals surface area contributed by atoms with E-state index in [-0.39, 0.29) is 11.5 Å². The molecule has 0 spiro atoms. The summed E-state index contributed by atoms with van der Waals surface area (Å²) < 4.78 is 8.04. The number of anilines is 1. The number of hydrogen-bond acceptors (Lipinski definition) is 4. The van der Waals surface area contributed by atoms with Crippen molar-refractivity contribution in [1.29, 1.82) is 0 Å². The first kappa shape index (κ1) is 20.1. The molecule has 0 aliphatic rings. The van der Waals surface area contributed by atoms with Crippen LogP contribution in [-0.2, 0) is 17.8 Å². The molecule has 2 aromatic heterocycles. The number of halogens is 2. The van der Waals surface area contributed by atoms with E-state index in [1.807, 2.05) is 6.07 Å². The first-order valence-corrected chi connectivity index (χ1v) is 9.20. The Bertz CT molecular complexity index is 1050.